The van der Waals surface area contributed by atoms with Crippen LogP contribution in [0.2, 0.25) is 0 Å². The van der Waals surface area contributed by atoms with E-state index in [-0.39, 0.29) is 18.8 Å². The Labute approximate surface area is 426 Å². The standard InChI is InChI=1S/C51H92O21/c1-7-10-12-13-14-17-20-24-32(25-21-18-15-16-19-23-29(4)53)67-50-45(41(60)38(57)33(27-52)68-50)71-51-47(72-49-43(62)40(59)37(56)31(6)66-49)46(70-35(54)22-9-3)44(63-26-11-8-2)34(69-51)28-64-48-42(61)39(58)36(55)30(5)65-48/h30-34,36-52,55-62H,7-28H2,1-6H3. The number of carbonyl (C=O) groups is 2. The van der Waals surface area contributed by atoms with Gasteiger partial charge in [-0.15, -0.1) is 0 Å². The minimum Gasteiger partial charge on any atom is -0.456 e. The summed E-state index contributed by atoms with van der Waals surface area (Å²) in [7, 11) is 0. The molecule has 4 fully saturated rings. The highest BCUT2D eigenvalue weighted by molar-refractivity contribution is 5.75. The van der Waals surface area contributed by atoms with Gasteiger partial charge in [0.05, 0.1) is 31.5 Å². The number of ether oxygens (including phenoxy) is 10. The maximum Gasteiger partial charge on any atom is 0.306 e. The Morgan fingerprint density at radius 3 is 1.61 bits per heavy atom. The van der Waals surface area contributed by atoms with Crippen LogP contribution in [0.3, 0.4) is 0 Å². The molecular formula is C51H92O21. The molecule has 0 saturated carbocycles. The number of hydrogen-bond donors (Lipinski definition) is 9. The van der Waals surface area contributed by atoms with E-state index in [1.165, 1.54) is 20.3 Å². The molecule has 9 N–H and O–H groups in total. The molecule has 21 unspecified atom stereocenters. The van der Waals surface area contributed by atoms with Crippen LogP contribution < -0.4 is 0 Å². The van der Waals surface area contributed by atoms with Gasteiger partial charge in [0.15, 0.2) is 37.4 Å². The molecule has 0 bridgehead atoms. The average Bonchev–Trinajstić information content (AvgIpc) is 3.35. The number of unbranched alkanes of at least 4 members (excludes halogenated alkanes) is 11. The summed E-state index contributed by atoms with van der Waals surface area (Å²) in [6, 6.07) is 0. The molecule has 0 aromatic heterocycles. The molecule has 4 aliphatic rings. The maximum atomic E-state index is 13.6. The number of carbonyl (C=O) groups excluding carboxylic acids is 2. The number of aliphatic hydroxyl groups excluding tert-OH is 9. The van der Waals surface area contributed by atoms with E-state index in [2.05, 4.69) is 6.92 Å². The van der Waals surface area contributed by atoms with Crippen molar-refractivity contribution in [1.29, 1.82) is 0 Å². The molecule has 72 heavy (non-hydrogen) atoms. The van der Waals surface area contributed by atoms with Crippen molar-refractivity contribution in [3.05, 3.63) is 0 Å². The number of ketones is 1. The number of rotatable bonds is 33. The lowest BCUT2D eigenvalue weighted by Crippen LogP contribution is -2.68. The summed E-state index contributed by atoms with van der Waals surface area (Å²) in [5, 5.41) is 98.3. The van der Waals surface area contributed by atoms with Crippen molar-refractivity contribution in [2.75, 3.05) is 19.8 Å². The minimum absolute atomic E-state index is 0.0540. The van der Waals surface area contributed by atoms with Gasteiger partial charge in [-0.05, 0) is 52.9 Å². The van der Waals surface area contributed by atoms with Gasteiger partial charge in [0.1, 0.15) is 79.0 Å². The summed E-state index contributed by atoms with van der Waals surface area (Å²) in [5.41, 5.74) is 0. The summed E-state index contributed by atoms with van der Waals surface area (Å²) >= 11 is 0. The molecule has 21 atom stereocenters. The molecule has 0 radical (unpaired) electrons. The lowest BCUT2D eigenvalue weighted by Gasteiger charge is -2.50. The van der Waals surface area contributed by atoms with Crippen molar-refractivity contribution in [2.45, 2.75) is 292 Å². The van der Waals surface area contributed by atoms with E-state index in [9.17, 15) is 55.5 Å². The predicted octanol–water partition coefficient (Wildman–Crippen LogP) is 2.34. The first-order valence-corrected chi connectivity index (χ1v) is 27.0. The molecule has 4 aliphatic heterocycles. The fraction of sp³-hybridized carbons (Fsp3) is 0.961. The van der Waals surface area contributed by atoms with Crippen LogP contribution in [0, 0.1) is 0 Å². The second-order valence-corrected chi connectivity index (χ2v) is 20.2. The van der Waals surface area contributed by atoms with Crippen LogP contribution in [0.25, 0.3) is 0 Å². The van der Waals surface area contributed by atoms with E-state index in [0.717, 1.165) is 70.6 Å². The minimum atomic E-state index is -1.86. The van der Waals surface area contributed by atoms with Crippen LogP contribution in [0.4, 0.5) is 0 Å². The summed E-state index contributed by atoms with van der Waals surface area (Å²) in [5.74, 6) is -0.537. The summed E-state index contributed by atoms with van der Waals surface area (Å²) in [4.78, 5) is 25.1. The lowest BCUT2D eigenvalue weighted by atomic mass is 9.95. The van der Waals surface area contributed by atoms with E-state index >= 15 is 0 Å². The number of aliphatic hydroxyl groups is 9. The fourth-order valence-corrected chi connectivity index (χ4v) is 9.54. The molecule has 4 rings (SSSR count). The van der Waals surface area contributed by atoms with E-state index in [4.69, 9.17) is 47.4 Å². The highest BCUT2D eigenvalue weighted by Gasteiger charge is 2.57. The average molecular weight is 1040 g/mol. The zero-order valence-electron chi connectivity index (χ0n) is 43.6. The predicted molar refractivity (Wildman–Crippen MR) is 257 cm³/mol. The van der Waals surface area contributed by atoms with Gasteiger partial charge in [-0.1, -0.05) is 97.8 Å². The lowest BCUT2D eigenvalue weighted by molar-refractivity contribution is -0.399. The van der Waals surface area contributed by atoms with Crippen molar-refractivity contribution in [3.63, 3.8) is 0 Å². The van der Waals surface area contributed by atoms with Gasteiger partial charge in [-0.3, -0.25) is 4.79 Å². The Bertz CT molecular complexity index is 1500. The highest BCUT2D eigenvalue weighted by atomic mass is 16.8. The Hall–Kier alpha value is -1.58. The number of hydrogen-bond acceptors (Lipinski definition) is 21. The van der Waals surface area contributed by atoms with Crippen molar-refractivity contribution in [3.8, 4) is 0 Å². The first kappa shape index (κ1) is 63.0. The van der Waals surface area contributed by atoms with Crippen molar-refractivity contribution in [1.82, 2.24) is 0 Å². The quantitative estimate of drug-likeness (QED) is 0.0337. The Morgan fingerprint density at radius 2 is 1.03 bits per heavy atom. The zero-order chi connectivity index (χ0) is 52.9. The Morgan fingerprint density at radius 1 is 0.486 bits per heavy atom. The van der Waals surface area contributed by atoms with Gasteiger partial charge in [0, 0.05) is 19.4 Å². The van der Waals surface area contributed by atoms with Crippen molar-refractivity contribution < 1.29 is 103 Å². The second-order valence-electron chi connectivity index (χ2n) is 20.2. The third-order valence-corrected chi connectivity index (χ3v) is 14.1. The molecule has 0 aromatic carbocycles. The molecule has 21 nitrogen and oxygen atoms in total. The first-order chi connectivity index (χ1) is 34.5. The molecule has 0 amide bonds. The SMILES string of the molecule is CCCCCCCCCC(CCCCCCCC(C)=O)OC1OC(CO)C(O)C(O)C1OC1OC(COC2OC(C)C(O)C(O)C2O)C(OCCCC)C(OC(=O)CCC)C1OC1OC(C)C(O)C(O)C1O. The second kappa shape index (κ2) is 32.9. The fourth-order valence-electron chi connectivity index (χ4n) is 9.54. The van der Waals surface area contributed by atoms with Gasteiger partial charge < -0.3 is 98.1 Å². The Kier molecular flexibility index (Phi) is 28.7. The molecule has 21 heteroatoms. The van der Waals surface area contributed by atoms with Gasteiger partial charge >= 0.3 is 5.97 Å². The molecule has 0 spiro atoms. The zero-order valence-corrected chi connectivity index (χ0v) is 43.6. The van der Waals surface area contributed by atoms with Crippen LogP contribution >= 0.6 is 0 Å². The largest absolute Gasteiger partial charge is 0.456 e. The van der Waals surface area contributed by atoms with Crippen molar-refractivity contribution in [2.24, 2.45) is 0 Å². The van der Waals surface area contributed by atoms with Crippen LogP contribution in [0.15, 0.2) is 0 Å². The third-order valence-electron chi connectivity index (χ3n) is 14.1. The summed E-state index contributed by atoms with van der Waals surface area (Å²) in [6.07, 6.45) is -15.8. The van der Waals surface area contributed by atoms with E-state index < -0.39 is 148 Å². The summed E-state index contributed by atoms with van der Waals surface area (Å²) < 4.78 is 62.9. The molecule has 0 aromatic rings. The van der Waals surface area contributed by atoms with Gasteiger partial charge in [0.2, 0.25) is 0 Å². The molecule has 4 heterocycles. The van der Waals surface area contributed by atoms with E-state index in [0.29, 0.717) is 38.5 Å². The van der Waals surface area contributed by atoms with Crippen LogP contribution in [-0.2, 0) is 57.0 Å². The number of esters is 1. The Balaban J connectivity index is 1.75. The third kappa shape index (κ3) is 18.9. The maximum absolute atomic E-state index is 13.6. The van der Waals surface area contributed by atoms with Gasteiger partial charge in [0.25, 0.3) is 0 Å². The van der Waals surface area contributed by atoms with E-state index in [1.807, 2.05) is 6.92 Å². The molecule has 422 valence electrons. The smallest absolute Gasteiger partial charge is 0.306 e. The topological polar surface area (TPSA) is 309 Å². The van der Waals surface area contributed by atoms with Gasteiger partial charge in [-0.25, -0.2) is 0 Å². The van der Waals surface area contributed by atoms with Crippen LogP contribution in [0.5, 0.6) is 0 Å². The normalized spacial score (nSPS) is 37.9. The van der Waals surface area contributed by atoms with Crippen LogP contribution in [0.1, 0.15) is 164 Å². The first-order valence-electron chi connectivity index (χ1n) is 27.0. The molecule has 4 saturated heterocycles. The monoisotopic (exact) mass is 1040 g/mol. The number of Topliss-reactive ketones (excluding diaryl/α,β-unsaturated/α-hetero) is 1. The summed E-state index contributed by atoms with van der Waals surface area (Å²) in [6.45, 7) is 9.33. The van der Waals surface area contributed by atoms with Crippen molar-refractivity contribution >= 4 is 11.8 Å². The van der Waals surface area contributed by atoms with E-state index in [1.54, 1.807) is 13.8 Å². The van der Waals surface area contributed by atoms with Crippen LogP contribution in [-0.4, -0.2) is 206 Å². The highest BCUT2D eigenvalue weighted by Crippen LogP contribution is 2.37. The van der Waals surface area contributed by atoms with Gasteiger partial charge in [-0.2, -0.15) is 0 Å². The molecule has 0 aliphatic carbocycles. The molecular weight excluding hydrogens is 949 g/mol.